The van der Waals surface area contributed by atoms with Crippen molar-refractivity contribution >= 4 is 5.91 Å². The zero-order valence-electron chi connectivity index (χ0n) is 11.8. The van der Waals surface area contributed by atoms with Crippen LogP contribution in [-0.2, 0) is 19.0 Å². The lowest BCUT2D eigenvalue weighted by Crippen LogP contribution is -2.52. The molecule has 0 saturated carbocycles. The van der Waals surface area contributed by atoms with E-state index in [0.29, 0.717) is 0 Å². The van der Waals surface area contributed by atoms with Crippen LogP contribution >= 0.6 is 0 Å². The third kappa shape index (κ3) is 4.91. The summed E-state index contributed by atoms with van der Waals surface area (Å²) in [5.74, 6) is -12.7. The highest BCUT2D eigenvalue weighted by Crippen LogP contribution is 2.48. The zero-order chi connectivity index (χ0) is 17.9. The summed E-state index contributed by atoms with van der Waals surface area (Å²) in [5, 5.41) is 2.07. The molecule has 2 atom stereocenters. The smallest absolute Gasteiger partial charge is 0.353 e. The van der Waals surface area contributed by atoms with Gasteiger partial charge in [-0.15, -0.1) is 0 Å². The number of nitrogens with one attached hydrogen (secondary N) is 1. The number of ether oxygens (including phenoxy) is 3. The number of rotatable bonds is 7. The Morgan fingerprint density at radius 1 is 1.22 bits per heavy atom. The molecule has 0 aromatic heterocycles. The van der Waals surface area contributed by atoms with Crippen molar-refractivity contribution in [2.45, 2.75) is 43.4 Å². The van der Waals surface area contributed by atoms with Crippen molar-refractivity contribution in [2.24, 2.45) is 0 Å². The summed E-state index contributed by atoms with van der Waals surface area (Å²) in [7, 11) is 1.29. The van der Waals surface area contributed by atoms with Crippen molar-refractivity contribution in [3.8, 4) is 0 Å². The van der Waals surface area contributed by atoms with Gasteiger partial charge in [-0.3, -0.25) is 4.79 Å². The van der Waals surface area contributed by atoms with Crippen LogP contribution in [0, 0.1) is 0 Å². The fourth-order valence-corrected chi connectivity index (χ4v) is 1.60. The average molecular weight is 357 g/mol. The first-order valence-electron chi connectivity index (χ1n) is 6.29. The molecule has 2 unspecified atom stereocenters. The highest BCUT2D eigenvalue weighted by Gasteiger charge is 2.72. The van der Waals surface area contributed by atoms with E-state index in [1.54, 1.807) is 0 Å². The molecule has 5 nitrogen and oxygen atoms in total. The predicted octanol–water partition coefficient (Wildman–Crippen LogP) is 2.06. The molecule has 0 aliphatic carbocycles. The van der Waals surface area contributed by atoms with Gasteiger partial charge in [0.1, 0.15) is 6.10 Å². The van der Waals surface area contributed by atoms with Crippen molar-refractivity contribution in [1.29, 1.82) is 0 Å². The molecule has 136 valence electrons. The van der Waals surface area contributed by atoms with Gasteiger partial charge in [-0.1, -0.05) is 0 Å². The number of hydrogen-bond acceptors (Lipinski definition) is 4. The second kappa shape index (κ2) is 7.18. The van der Waals surface area contributed by atoms with E-state index in [1.807, 2.05) is 0 Å². The van der Waals surface area contributed by atoms with Crippen LogP contribution in [0.25, 0.3) is 0 Å². The van der Waals surface area contributed by atoms with E-state index in [9.17, 15) is 35.5 Å². The molecule has 1 heterocycles. The molecule has 1 N–H and O–H groups in total. The number of methoxy groups -OCH3 is 1. The van der Waals surface area contributed by atoms with Gasteiger partial charge in [0.15, 0.2) is 0 Å². The molecule has 1 aliphatic rings. The molecule has 1 amide bonds. The summed E-state index contributed by atoms with van der Waals surface area (Å²) in [6.07, 6.45) is -10.2. The van der Waals surface area contributed by atoms with Gasteiger partial charge in [-0.05, 0) is 0 Å². The van der Waals surface area contributed by atoms with E-state index in [1.165, 1.54) is 7.11 Å². The van der Waals surface area contributed by atoms with E-state index in [0.717, 1.165) is 0 Å². The Balaban J connectivity index is 2.41. The molecule has 0 aromatic rings. The van der Waals surface area contributed by atoms with Crippen molar-refractivity contribution < 1.29 is 49.7 Å². The largest absolute Gasteiger partial charge is 0.459 e. The van der Waals surface area contributed by atoms with E-state index in [4.69, 9.17) is 9.47 Å². The van der Waals surface area contributed by atoms with Gasteiger partial charge in [0, 0.05) is 26.5 Å². The molecule has 23 heavy (non-hydrogen) atoms. The Labute approximate surface area is 126 Å². The first-order valence-corrected chi connectivity index (χ1v) is 6.29. The van der Waals surface area contributed by atoms with Crippen LogP contribution in [-0.4, -0.2) is 56.8 Å². The number of alkyl halides is 7. The summed E-state index contributed by atoms with van der Waals surface area (Å²) in [4.78, 5) is 11.3. The van der Waals surface area contributed by atoms with Crippen molar-refractivity contribution in [2.75, 3.05) is 20.3 Å². The summed E-state index contributed by atoms with van der Waals surface area (Å²) in [6, 6.07) is 0. The number of carbonyl (C=O) groups is 1. The molecule has 12 heteroatoms. The monoisotopic (exact) mass is 357 g/mol. The molecule has 0 aromatic carbocycles. The SMILES string of the molecule is COC1OCC(CNC(=O)CCC(F)(F)C(F)(F)C(F)(F)F)O1. The van der Waals surface area contributed by atoms with Crippen LogP contribution in [0.5, 0.6) is 0 Å². The first kappa shape index (κ1) is 19.9. The van der Waals surface area contributed by atoms with Gasteiger partial charge in [0.2, 0.25) is 5.91 Å². The van der Waals surface area contributed by atoms with Gasteiger partial charge >= 0.3 is 18.0 Å². The Morgan fingerprint density at radius 3 is 2.30 bits per heavy atom. The molecule has 0 radical (unpaired) electrons. The van der Waals surface area contributed by atoms with E-state index in [2.05, 4.69) is 10.1 Å². The summed E-state index contributed by atoms with van der Waals surface area (Å²) in [5.41, 5.74) is 0. The Kier molecular flexibility index (Phi) is 6.21. The third-order valence-corrected chi connectivity index (χ3v) is 2.92. The van der Waals surface area contributed by atoms with Crippen molar-refractivity contribution in [3.05, 3.63) is 0 Å². The van der Waals surface area contributed by atoms with Crippen molar-refractivity contribution in [3.63, 3.8) is 0 Å². The molecule has 1 aliphatic heterocycles. The Hall–Kier alpha value is -1.14. The zero-order valence-corrected chi connectivity index (χ0v) is 11.8. The van der Waals surface area contributed by atoms with Gasteiger partial charge < -0.3 is 19.5 Å². The second-order valence-corrected chi connectivity index (χ2v) is 4.70. The molecule has 1 rings (SSSR count). The minimum atomic E-state index is -6.41. The summed E-state index contributed by atoms with van der Waals surface area (Å²) < 4.78 is 102. The Bertz CT molecular complexity index is 416. The van der Waals surface area contributed by atoms with Crippen LogP contribution in [0.4, 0.5) is 30.7 Å². The maximum Gasteiger partial charge on any atom is 0.459 e. The number of carbonyl (C=O) groups excluding carboxylic acids is 1. The normalized spacial score (nSPS) is 23.1. The quantitative estimate of drug-likeness (QED) is 0.709. The highest BCUT2D eigenvalue weighted by molar-refractivity contribution is 5.75. The van der Waals surface area contributed by atoms with Crippen LogP contribution in [0.1, 0.15) is 12.8 Å². The number of amides is 1. The third-order valence-electron chi connectivity index (χ3n) is 2.92. The second-order valence-electron chi connectivity index (χ2n) is 4.70. The average Bonchev–Trinajstić information content (AvgIpc) is 2.89. The highest BCUT2D eigenvalue weighted by atomic mass is 19.4. The van der Waals surface area contributed by atoms with Crippen molar-refractivity contribution in [1.82, 2.24) is 5.32 Å². The van der Waals surface area contributed by atoms with Crippen LogP contribution in [0.3, 0.4) is 0 Å². The van der Waals surface area contributed by atoms with Crippen LogP contribution in [0.2, 0.25) is 0 Å². The molecule has 0 bridgehead atoms. The van der Waals surface area contributed by atoms with E-state index >= 15 is 0 Å². The number of halogens is 7. The molecular formula is C11H14F7NO4. The molecular weight excluding hydrogens is 343 g/mol. The molecule has 1 saturated heterocycles. The first-order chi connectivity index (χ1) is 10.4. The van der Waals surface area contributed by atoms with E-state index in [-0.39, 0.29) is 13.2 Å². The lowest BCUT2D eigenvalue weighted by atomic mass is 10.1. The predicted molar refractivity (Wildman–Crippen MR) is 59.8 cm³/mol. The van der Waals surface area contributed by atoms with E-state index < -0.39 is 49.4 Å². The fourth-order valence-electron chi connectivity index (χ4n) is 1.60. The van der Waals surface area contributed by atoms with Gasteiger partial charge in [0.05, 0.1) is 6.61 Å². The lowest BCUT2D eigenvalue weighted by molar-refractivity contribution is -0.355. The standard InChI is InChI=1S/C11H14F7NO4/c1-21-8-22-5-6(23-8)4-19-7(20)2-3-9(12,13)10(14,15)11(16,17)18/h6,8H,2-5H2,1H3,(H,19,20). The molecule has 0 spiro atoms. The van der Waals surface area contributed by atoms with Crippen LogP contribution in [0.15, 0.2) is 0 Å². The summed E-state index contributed by atoms with van der Waals surface area (Å²) in [6.45, 7) is -1.12. The van der Waals surface area contributed by atoms with Gasteiger partial charge in [0.25, 0.3) is 6.48 Å². The minimum Gasteiger partial charge on any atom is -0.353 e. The topological polar surface area (TPSA) is 56.8 Å². The van der Waals surface area contributed by atoms with Gasteiger partial charge in [-0.2, -0.15) is 30.7 Å². The lowest BCUT2D eigenvalue weighted by Gasteiger charge is -2.28. The maximum atomic E-state index is 13.0. The van der Waals surface area contributed by atoms with Gasteiger partial charge in [-0.25, -0.2) is 0 Å². The Morgan fingerprint density at radius 2 is 1.83 bits per heavy atom. The minimum absolute atomic E-state index is 0.0289. The number of hydrogen-bond donors (Lipinski definition) is 1. The van der Waals surface area contributed by atoms with Crippen LogP contribution < -0.4 is 5.32 Å². The maximum absolute atomic E-state index is 13.0. The summed E-state index contributed by atoms with van der Waals surface area (Å²) >= 11 is 0. The fraction of sp³-hybridized carbons (Fsp3) is 0.909. The molecule has 1 fully saturated rings.